The first-order valence-electron chi connectivity index (χ1n) is 9.10. The van der Waals surface area contributed by atoms with Gasteiger partial charge < -0.3 is 25.1 Å². The van der Waals surface area contributed by atoms with Crippen molar-refractivity contribution in [1.82, 2.24) is 14.8 Å². The number of hydrogen-bond donors (Lipinski definition) is 2. The topological polar surface area (TPSA) is 114 Å². The molecule has 3 amide bonds. The van der Waals surface area contributed by atoms with Gasteiger partial charge in [-0.1, -0.05) is 0 Å². The van der Waals surface area contributed by atoms with Crippen LogP contribution in [-0.2, 0) is 4.74 Å². The number of carbonyl (C=O) groups is 2. The SMILES string of the molecule is Cc1ccc2c(NC(=O)N3CC[C@@H](N4CCOCC4)C3)c(C(N)=O)oc2n1. The Bertz CT molecular complexity index is 874. The minimum Gasteiger partial charge on any atom is -0.430 e. The molecule has 2 aromatic rings. The van der Waals surface area contributed by atoms with Crippen molar-refractivity contribution in [2.45, 2.75) is 19.4 Å². The molecule has 0 aliphatic carbocycles. The van der Waals surface area contributed by atoms with E-state index in [2.05, 4.69) is 15.2 Å². The summed E-state index contributed by atoms with van der Waals surface area (Å²) in [4.78, 5) is 32.9. The number of urea groups is 1. The number of morpholine rings is 1. The Kier molecular flexibility index (Phi) is 4.71. The number of amides is 3. The maximum Gasteiger partial charge on any atom is 0.322 e. The molecule has 9 heteroatoms. The van der Waals surface area contributed by atoms with Crippen molar-refractivity contribution in [3.63, 3.8) is 0 Å². The molecule has 0 bridgehead atoms. The lowest BCUT2D eigenvalue weighted by molar-refractivity contribution is 0.0192. The molecule has 0 spiro atoms. The molecule has 3 N–H and O–H groups in total. The molecule has 27 heavy (non-hydrogen) atoms. The first-order valence-corrected chi connectivity index (χ1v) is 9.10. The van der Waals surface area contributed by atoms with E-state index in [1.807, 2.05) is 6.92 Å². The first-order chi connectivity index (χ1) is 13.0. The van der Waals surface area contributed by atoms with Crippen LogP contribution in [-0.4, -0.2) is 72.2 Å². The third-order valence-electron chi connectivity index (χ3n) is 5.16. The van der Waals surface area contributed by atoms with Crippen LogP contribution >= 0.6 is 0 Å². The molecule has 2 aliphatic rings. The lowest BCUT2D eigenvalue weighted by Crippen LogP contribution is -2.45. The molecule has 4 heterocycles. The number of rotatable bonds is 3. The van der Waals surface area contributed by atoms with Gasteiger partial charge in [0.25, 0.3) is 5.91 Å². The lowest BCUT2D eigenvalue weighted by Gasteiger charge is -2.32. The van der Waals surface area contributed by atoms with Crippen LogP contribution < -0.4 is 11.1 Å². The summed E-state index contributed by atoms with van der Waals surface area (Å²) in [5.41, 5.74) is 6.74. The van der Waals surface area contributed by atoms with Crippen LogP contribution in [0.25, 0.3) is 11.1 Å². The second kappa shape index (κ2) is 7.16. The lowest BCUT2D eigenvalue weighted by atomic mass is 10.2. The van der Waals surface area contributed by atoms with Gasteiger partial charge in [-0.25, -0.2) is 9.78 Å². The maximum absolute atomic E-state index is 12.8. The van der Waals surface area contributed by atoms with E-state index >= 15 is 0 Å². The molecule has 2 saturated heterocycles. The molecule has 0 radical (unpaired) electrons. The summed E-state index contributed by atoms with van der Waals surface area (Å²) < 4.78 is 10.9. The Labute approximate surface area is 156 Å². The van der Waals surface area contributed by atoms with E-state index in [-0.39, 0.29) is 23.2 Å². The molecular formula is C18H23N5O4. The normalized spacial score (nSPS) is 20.9. The van der Waals surface area contributed by atoms with Gasteiger partial charge in [-0.05, 0) is 25.5 Å². The standard InChI is InChI=1S/C18H23N5O4/c1-11-2-3-13-14(15(16(19)24)27-17(13)20-11)21-18(25)23-5-4-12(10-23)22-6-8-26-9-7-22/h2-3,12H,4-10H2,1H3,(H2,19,24)(H,21,25)/t12-/m1/s1. The highest BCUT2D eigenvalue weighted by molar-refractivity contribution is 6.09. The number of aromatic nitrogens is 1. The minimum atomic E-state index is -0.742. The van der Waals surface area contributed by atoms with Crippen molar-refractivity contribution in [3.8, 4) is 0 Å². The van der Waals surface area contributed by atoms with Gasteiger partial charge >= 0.3 is 6.03 Å². The summed E-state index contributed by atoms with van der Waals surface area (Å²) >= 11 is 0. The van der Waals surface area contributed by atoms with Crippen LogP contribution in [0.3, 0.4) is 0 Å². The molecule has 1 atom stereocenters. The first kappa shape index (κ1) is 17.7. The third-order valence-corrected chi connectivity index (χ3v) is 5.16. The van der Waals surface area contributed by atoms with Crippen molar-refractivity contribution >= 4 is 28.7 Å². The van der Waals surface area contributed by atoms with E-state index < -0.39 is 5.91 Å². The number of likely N-dealkylation sites (tertiary alicyclic amines) is 1. The van der Waals surface area contributed by atoms with Crippen LogP contribution in [0.15, 0.2) is 16.5 Å². The maximum atomic E-state index is 12.8. The molecule has 2 aromatic heterocycles. The zero-order valence-electron chi connectivity index (χ0n) is 15.2. The van der Waals surface area contributed by atoms with E-state index in [4.69, 9.17) is 14.9 Å². The highest BCUT2D eigenvalue weighted by atomic mass is 16.5. The van der Waals surface area contributed by atoms with Gasteiger partial charge in [0.2, 0.25) is 11.5 Å². The molecule has 0 aromatic carbocycles. The summed E-state index contributed by atoms with van der Waals surface area (Å²) in [5, 5.41) is 3.37. The highest BCUT2D eigenvalue weighted by Gasteiger charge is 2.32. The summed E-state index contributed by atoms with van der Waals surface area (Å²) in [5.74, 6) is -0.825. The number of nitrogens with two attached hydrogens (primary N) is 1. The Hall–Kier alpha value is -2.65. The van der Waals surface area contributed by atoms with Gasteiger partial charge in [0.15, 0.2) is 0 Å². The van der Waals surface area contributed by atoms with Gasteiger partial charge in [-0.2, -0.15) is 0 Å². The number of carbonyl (C=O) groups excluding carboxylic acids is 2. The number of hydrogen-bond acceptors (Lipinski definition) is 6. The number of pyridine rings is 1. The summed E-state index contributed by atoms with van der Waals surface area (Å²) in [6, 6.07) is 3.63. The number of aryl methyl sites for hydroxylation is 1. The molecular weight excluding hydrogens is 350 g/mol. The fourth-order valence-electron chi connectivity index (χ4n) is 3.72. The Morgan fingerprint density at radius 3 is 2.78 bits per heavy atom. The van der Waals surface area contributed by atoms with Crippen molar-refractivity contribution < 1.29 is 18.7 Å². The summed E-state index contributed by atoms with van der Waals surface area (Å²) in [6.45, 7) is 6.38. The van der Waals surface area contributed by atoms with Crippen molar-refractivity contribution in [2.75, 3.05) is 44.7 Å². The monoisotopic (exact) mass is 373 g/mol. The number of fused-ring (bicyclic) bond motifs is 1. The van der Waals surface area contributed by atoms with Crippen LogP contribution in [0.2, 0.25) is 0 Å². The van der Waals surface area contributed by atoms with Gasteiger partial charge in [0.1, 0.15) is 5.69 Å². The number of anilines is 1. The predicted octanol–water partition coefficient (Wildman–Crippen LogP) is 1.17. The quantitative estimate of drug-likeness (QED) is 0.835. The van der Waals surface area contributed by atoms with E-state index in [1.165, 1.54) is 0 Å². The molecule has 2 fully saturated rings. The Balaban J connectivity index is 1.51. The fourth-order valence-corrected chi connectivity index (χ4v) is 3.72. The van der Waals surface area contributed by atoms with Crippen LogP contribution in [0.1, 0.15) is 22.7 Å². The number of furan rings is 1. The average molecular weight is 373 g/mol. The minimum absolute atomic E-state index is 0.0830. The zero-order chi connectivity index (χ0) is 19.0. The number of primary amides is 1. The highest BCUT2D eigenvalue weighted by Crippen LogP contribution is 2.30. The fraction of sp³-hybridized carbons (Fsp3) is 0.500. The van der Waals surface area contributed by atoms with Gasteiger partial charge in [0.05, 0.1) is 18.6 Å². The van der Waals surface area contributed by atoms with Crippen molar-refractivity contribution in [3.05, 3.63) is 23.6 Å². The van der Waals surface area contributed by atoms with Crippen molar-refractivity contribution in [1.29, 1.82) is 0 Å². The van der Waals surface area contributed by atoms with E-state index in [1.54, 1.807) is 17.0 Å². The van der Waals surface area contributed by atoms with Crippen LogP contribution in [0.5, 0.6) is 0 Å². The third kappa shape index (κ3) is 3.47. The number of nitrogens with zero attached hydrogens (tertiary/aromatic N) is 3. The Morgan fingerprint density at radius 1 is 1.26 bits per heavy atom. The molecule has 0 unspecified atom stereocenters. The molecule has 144 valence electrons. The second-order valence-corrected chi connectivity index (χ2v) is 6.94. The van der Waals surface area contributed by atoms with Gasteiger partial charge in [-0.3, -0.25) is 9.69 Å². The van der Waals surface area contributed by atoms with Gasteiger partial charge in [0, 0.05) is 37.9 Å². The zero-order valence-corrected chi connectivity index (χ0v) is 15.2. The van der Waals surface area contributed by atoms with Gasteiger partial charge in [-0.15, -0.1) is 0 Å². The smallest absolute Gasteiger partial charge is 0.322 e. The van der Waals surface area contributed by atoms with Crippen molar-refractivity contribution in [2.24, 2.45) is 5.73 Å². The summed E-state index contributed by atoms with van der Waals surface area (Å²) in [6.07, 6.45) is 0.920. The molecule has 9 nitrogen and oxygen atoms in total. The molecule has 2 aliphatic heterocycles. The van der Waals surface area contributed by atoms with Crippen LogP contribution in [0, 0.1) is 6.92 Å². The molecule has 0 saturated carbocycles. The average Bonchev–Trinajstić information content (AvgIpc) is 3.28. The number of ether oxygens (including phenoxy) is 1. The van der Waals surface area contributed by atoms with E-state index in [9.17, 15) is 9.59 Å². The second-order valence-electron chi connectivity index (χ2n) is 6.94. The predicted molar refractivity (Wildman–Crippen MR) is 98.7 cm³/mol. The summed E-state index contributed by atoms with van der Waals surface area (Å²) in [7, 11) is 0. The molecule has 4 rings (SSSR count). The number of nitrogens with one attached hydrogen (secondary N) is 1. The van der Waals surface area contributed by atoms with Crippen LogP contribution in [0.4, 0.5) is 10.5 Å². The van der Waals surface area contributed by atoms with E-state index in [0.717, 1.165) is 38.4 Å². The Morgan fingerprint density at radius 2 is 2.04 bits per heavy atom. The van der Waals surface area contributed by atoms with E-state index in [0.29, 0.717) is 24.5 Å². The largest absolute Gasteiger partial charge is 0.430 e.